The van der Waals surface area contributed by atoms with Crippen LogP contribution in [0.5, 0.6) is 0 Å². The molecule has 1 aliphatic heterocycles. The van der Waals surface area contributed by atoms with Gasteiger partial charge in [-0.3, -0.25) is 9.80 Å². The molecule has 0 unspecified atom stereocenters. The molecule has 166 valence electrons. The van der Waals surface area contributed by atoms with E-state index in [2.05, 4.69) is 14.9 Å². The number of aryl methyl sites for hydroxylation is 3. The molecule has 0 saturated carbocycles. The summed E-state index contributed by atoms with van der Waals surface area (Å²) < 4.78 is 21.8. The highest BCUT2D eigenvalue weighted by Crippen LogP contribution is 2.23. The van der Waals surface area contributed by atoms with Crippen molar-refractivity contribution in [3.8, 4) is 5.69 Å². The fourth-order valence-electron chi connectivity index (χ4n) is 4.50. The van der Waals surface area contributed by atoms with E-state index in [1.807, 2.05) is 49.7 Å². The lowest BCUT2D eigenvalue weighted by Gasteiger charge is -2.41. The van der Waals surface area contributed by atoms with Crippen molar-refractivity contribution in [2.24, 2.45) is 0 Å². The molecular formula is C24H31FN4O2. The van der Waals surface area contributed by atoms with Gasteiger partial charge in [0, 0.05) is 44.5 Å². The molecule has 1 aliphatic rings. The highest BCUT2D eigenvalue weighted by Gasteiger charge is 2.28. The lowest BCUT2D eigenvalue weighted by Crippen LogP contribution is -2.52. The van der Waals surface area contributed by atoms with Crippen molar-refractivity contribution in [3.63, 3.8) is 0 Å². The molecule has 1 aromatic carbocycles. The fourth-order valence-corrected chi connectivity index (χ4v) is 4.50. The van der Waals surface area contributed by atoms with E-state index in [1.165, 1.54) is 6.07 Å². The Morgan fingerprint density at radius 2 is 1.94 bits per heavy atom. The molecule has 1 fully saturated rings. The van der Waals surface area contributed by atoms with Gasteiger partial charge in [0.1, 0.15) is 17.3 Å². The standard InChI is InChI=1S/C24H31FN4O2/c1-17-12-18(2)29(26-17)24-7-5-21(25)13-20(24)14-27-9-10-28(22(15-27)8-11-30)16-23-6-4-19(3)31-23/h4-7,12-13,22,30H,8-11,14-16H2,1-3H3/t22-/m0/s1. The summed E-state index contributed by atoms with van der Waals surface area (Å²) in [7, 11) is 0. The average Bonchev–Trinajstić information content (AvgIpc) is 3.28. The number of rotatable bonds is 7. The van der Waals surface area contributed by atoms with Gasteiger partial charge in [-0.25, -0.2) is 9.07 Å². The monoisotopic (exact) mass is 426 g/mol. The molecule has 0 amide bonds. The number of halogens is 1. The summed E-state index contributed by atoms with van der Waals surface area (Å²) in [6, 6.07) is 11.2. The van der Waals surface area contributed by atoms with E-state index in [4.69, 9.17) is 4.42 Å². The topological polar surface area (TPSA) is 57.7 Å². The molecule has 2 aromatic heterocycles. The van der Waals surface area contributed by atoms with Gasteiger partial charge in [-0.15, -0.1) is 0 Å². The van der Waals surface area contributed by atoms with Gasteiger partial charge in [-0.1, -0.05) is 0 Å². The number of aliphatic hydroxyl groups excluding tert-OH is 1. The number of aliphatic hydroxyl groups is 1. The van der Waals surface area contributed by atoms with E-state index in [0.717, 1.165) is 60.3 Å². The third kappa shape index (κ3) is 5.06. The zero-order chi connectivity index (χ0) is 22.0. The number of furan rings is 1. The fraction of sp³-hybridized carbons (Fsp3) is 0.458. The first-order valence-corrected chi connectivity index (χ1v) is 10.9. The van der Waals surface area contributed by atoms with Crippen LogP contribution in [0.25, 0.3) is 5.69 Å². The van der Waals surface area contributed by atoms with Crippen LogP contribution in [-0.4, -0.2) is 57.0 Å². The van der Waals surface area contributed by atoms with E-state index >= 15 is 0 Å². The molecule has 7 heteroatoms. The van der Waals surface area contributed by atoms with E-state index in [9.17, 15) is 9.50 Å². The van der Waals surface area contributed by atoms with Gasteiger partial charge in [0.05, 0.1) is 17.9 Å². The maximum atomic E-state index is 14.1. The van der Waals surface area contributed by atoms with E-state index in [1.54, 1.807) is 6.07 Å². The van der Waals surface area contributed by atoms with E-state index in [-0.39, 0.29) is 18.5 Å². The molecule has 0 aliphatic carbocycles. The Bertz CT molecular complexity index is 1030. The van der Waals surface area contributed by atoms with Crippen molar-refractivity contribution in [3.05, 3.63) is 70.7 Å². The predicted molar refractivity (Wildman–Crippen MR) is 118 cm³/mol. The maximum absolute atomic E-state index is 14.1. The molecule has 0 radical (unpaired) electrons. The first-order chi connectivity index (χ1) is 14.9. The Balaban J connectivity index is 1.51. The van der Waals surface area contributed by atoms with Gasteiger partial charge < -0.3 is 9.52 Å². The first-order valence-electron chi connectivity index (χ1n) is 10.9. The number of benzene rings is 1. The third-order valence-electron chi connectivity index (χ3n) is 5.98. The summed E-state index contributed by atoms with van der Waals surface area (Å²) in [5.41, 5.74) is 3.81. The summed E-state index contributed by atoms with van der Waals surface area (Å²) >= 11 is 0. The van der Waals surface area contributed by atoms with E-state index in [0.29, 0.717) is 13.0 Å². The van der Waals surface area contributed by atoms with Crippen molar-refractivity contribution >= 4 is 0 Å². The van der Waals surface area contributed by atoms with Crippen molar-refractivity contribution in [1.29, 1.82) is 0 Å². The Morgan fingerprint density at radius 3 is 2.61 bits per heavy atom. The highest BCUT2D eigenvalue weighted by molar-refractivity contribution is 5.42. The first kappa shape index (κ1) is 21.7. The lowest BCUT2D eigenvalue weighted by atomic mass is 10.1. The van der Waals surface area contributed by atoms with E-state index < -0.39 is 0 Å². The largest absolute Gasteiger partial charge is 0.465 e. The molecule has 3 heterocycles. The SMILES string of the molecule is Cc1cc(C)n(-c2ccc(F)cc2CN2CCN(Cc3ccc(C)o3)[C@@H](CCO)C2)n1. The maximum Gasteiger partial charge on any atom is 0.123 e. The molecule has 3 aromatic rings. The second-order valence-corrected chi connectivity index (χ2v) is 8.50. The van der Waals surface area contributed by atoms with Crippen LogP contribution in [0.4, 0.5) is 4.39 Å². The average molecular weight is 427 g/mol. The van der Waals surface area contributed by atoms with Crippen LogP contribution < -0.4 is 0 Å². The second kappa shape index (κ2) is 9.34. The molecule has 1 saturated heterocycles. The van der Waals surface area contributed by atoms with Gasteiger partial charge >= 0.3 is 0 Å². The van der Waals surface area contributed by atoms with Gasteiger partial charge in [0.2, 0.25) is 0 Å². The zero-order valence-electron chi connectivity index (χ0n) is 18.5. The van der Waals surface area contributed by atoms with Crippen LogP contribution in [0.1, 0.15) is 34.9 Å². The molecule has 1 atom stereocenters. The van der Waals surface area contributed by atoms with Crippen LogP contribution in [0, 0.1) is 26.6 Å². The highest BCUT2D eigenvalue weighted by atomic mass is 19.1. The minimum absolute atomic E-state index is 0.142. The number of hydrogen-bond acceptors (Lipinski definition) is 5. The Kier molecular flexibility index (Phi) is 6.55. The van der Waals surface area contributed by atoms with Crippen LogP contribution >= 0.6 is 0 Å². The van der Waals surface area contributed by atoms with Gasteiger partial charge in [-0.2, -0.15) is 5.10 Å². The molecule has 1 N–H and O–H groups in total. The van der Waals surface area contributed by atoms with Crippen LogP contribution in [0.15, 0.2) is 40.8 Å². The van der Waals surface area contributed by atoms with Crippen LogP contribution in [0.2, 0.25) is 0 Å². The summed E-state index contributed by atoms with van der Waals surface area (Å²) in [6.07, 6.45) is 0.698. The summed E-state index contributed by atoms with van der Waals surface area (Å²) in [5, 5.41) is 14.2. The van der Waals surface area contributed by atoms with Gasteiger partial charge in [0.15, 0.2) is 0 Å². The Hall–Kier alpha value is -2.48. The number of aromatic nitrogens is 2. The summed E-state index contributed by atoms with van der Waals surface area (Å²) in [5.74, 6) is 1.62. The molecule has 6 nitrogen and oxygen atoms in total. The Morgan fingerprint density at radius 1 is 1.10 bits per heavy atom. The van der Waals surface area contributed by atoms with Crippen molar-refractivity contribution in [2.75, 3.05) is 26.2 Å². The van der Waals surface area contributed by atoms with Crippen molar-refractivity contribution in [2.45, 2.75) is 46.3 Å². The van der Waals surface area contributed by atoms with Crippen molar-refractivity contribution in [1.82, 2.24) is 19.6 Å². The van der Waals surface area contributed by atoms with Gasteiger partial charge in [0.25, 0.3) is 0 Å². The molecule has 0 spiro atoms. The van der Waals surface area contributed by atoms with Crippen LogP contribution in [-0.2, 0) is 13.1 Å². The number of hydrogen-bond donors (Lipinski definition) is 1. The summed E-state index contributed by atoms with van der Waals surface area (Å²) in [6.45, 7) is 10.0. The minimum atomic E-state index is -0.237. The number of nitrogens with zero attached hydrogens (tertiary/aromatic N) is 4. The summed E-state index contributed by atoms with van der Waals surface area (Å²) in [4.78, 5) is 4.71. The Labute approximate surface area is 182 Å². The minimum Gasteiger partial charge on any atom is -0.465 e. The van der Waals surface area contributed by atoms with Gasteiger partial charge in [-0.05, 0) is 69.2 Å². The molecule has 4 rings (SSSR count). The lowest BCUT2D eigenvalue weighted by molar-refractivity contribution is 0.0454. The zero-order valence-corrected chi connectivity index (χ0v) is 18.5. The smallest absolute Gasteiger partial charge is 0.123 e. The number of piperazine rings is 1. The normalized spacial score (nSPS) is 18.0. The third-order valence-corrected chi connectivity index (χ3v) is 5.98. The quantitative estimate of drug-likeness (QED) is 0.626. The predicted octanol–water partition coefficient (Wildman–Crippen LogP) is 3.60. The van der Waals surface area contributed by atoms with Crippen LogP contribution in [0.3, 0.4) is 0 Å². The van der Waals surface area contributed by atoms with Crippen molar-refractivity contribution < 1.29 is 13.9 Å². The molecular weight excluding hydrogens is 395 g/mol. The molecule has 31 heavy (non-hydrogen) atoms. The second-order valence-electron chi connectivity index (χ2n) is 8.50. The molecule has 0 bridgehead atoms.